The van der Waals surface area contributed by atoms with E-state index in [0.717, 1.165) is 37.0 Å². The molecule has 150 valence electrons. The molecule has 3 aliphatic rings. The molecule has 1 aromatic carbocycles. The molecule has 0 radical (unpaired) electrons. The Hall–Kier alpha value is -3.02. The monoisotopic (exact) mass is 393 g/mol. The third kappa shape index (κ3) is 2.94. The molecule has 2 aromatic rings. The number of furan rings is 1. The minimum Gasteiger partial charge on any atom is -0.497 e. The predicted octanol–water partition coefficient (Wildman–Crippen LogP) is 3.78. The van der Waals surface area contributed by atoms with E-state index < -0.39 is 6.04 Å². The van der Waals surface area contributed by atoms with Gasteiger partial charge in [-0.15, -0.1) is 0 Å². The highest BCUT2D eigenvalue weighted by atomic mass is 16.5. The molecule has 1 fully saturated rings. The van der Waals surface area contributed by atoms with Crippen molar-refractivity contribution in [1.29, 1.82) is 0 Å². The van der Waals surface area contributed by atoms with Gasteiger partial charge in [0.1, 0.15) is 17.6 Å². The lowest BCUT2D eigenvalue weighted by Gasteiger charge is -2.35. The molecule has 2 aliphatic heterocycles. The van der Waals surface area contributed by atoms with Crippen molar-refractivity contribution in [1.82, 2.24) is 4.90 Å². The highest BCUT2D eigenvalue weighted by molar-refractivity contribution is 6.11. The number of methoxy groups -OCH3 is 1. The molecule has 0 bridgehead atoms. The summed E-state index contributed by atoms with van der Waals surface area (Å²) in [6.07, 6.45) is 5.11. The van der Waals surface area contributed by atoms with E-state index in [1.165, 1.54) is 0 Å². The molecule has 1 amide bonds. The summed E-state index contributed by atoms with van der Waals surface area (Å²) in [6, 6.07) is 10.6. The molecule has 3 unspecified atom stereocenters. The van der Waals surface area contributed by atoms with Gasteiger partial charge in [0.25, 0.3) is 5.91 Å². The van der Waals surface area contributed by atoms with Crippen molar-refractivity contribution in [3.63, 3.8) is 0 Å². The van der Waals surface area contributed by atoms with Crippen LogP contribution in [0.4, 0.5) is 0 Å². The zero-order valence-electron chi connectivity index (χ0n) is 16.3. The maximum Gasteiger partial charge on any atom is 0.290 e. The molecule has 1 saturated carbocycles. The van der Waals surface area contributed by atoms with Gasteiger partial charge in [-0.2, -0.15) is 0 Å². The highest BCUT2D eigenvalue weighted by Gasteiger charge is 2.52. The Morgan fingerprint density at radius 2 is 1.90 bits per heavy atom. The van der Waals surface area contributed by atoms with Crippen LogP contribution < -0.4 is 4.74 Å². The lowest BCUT2D eigenvalue weighted by atomic mass is 9.77. The molecular weight excluding hydrogens is 370 g/mol. The number of nitrogens with zero attached hydrogens (tertiary/aromatic N) is 1. The summed E-state index contributed by atoms with van der Waals surface area (Å²) in [7, 11) is 1.61. The van der Waals surface area contributed by atoms with E-state index in [4.69, 9.17) is 13.9 Å². The largest absolute Gasteiger partial charge is 0.497 e. The fourth-order valence-electron chi connectivity index (χ4n) is 4.76. The van der Waals surface area contributed by atoms with E-state index in [-0.39, 0.29) is 36.0 Å². The van der Waals surface area contributed by atoms with Crippen molar-refractivity contribution in [2.75, 3.05) is 7.11 Å². The molecule has 0 N–H and O–H groups in total. The normalized spacial score (nSPS) is 26.2. The van der Waals surface area contributed by atoms with Gasteiger partial charge >= 0.3 is 0 Å². The first-order valence-electron chi connectivity index (χ1n) is 10.1. The molecule has 1 aromatic heterocycles. The number of carbonyl (C=O) groups is 2. The van der Waals surface area contributed by atoms with Gasteiger partial charge in [0, 0.05) is 0 Å². The van der Waals surface area contributed by atoms with Gasteiger partial charge in [-0.25, -0.2) is 0 Å². The number of fused-ring (bicyclic) bond motifs is 1. The summed E-state index contributed by atoms with van der Waals surface area (Å²) in [5.41, 5.74) is 1.36. The summed E-state index contributed by atoms with van der Waals surface area (Å²) in [5, 5.41) is 0. The SMILES string of the molecule is COc1ccc(C2C3=C(OC4CCCCC4C3=O)C(=O)N2Cc2ccco2)cc1. The van der Waals surface area contributed by atoms with Crippen LogP contribution in [0.5, 0.6) is 5.75 Å². The predicted molar refractivity (Wildman–Crippen MR) is 104 cm³/mol. The molecule has 5 rings (SSSR count). The van der Waals surface area contributed by atoms with E-state index in [0.29, 0.717) is 11.3 Å². The van der Waals surface area contributed by atoms with Crippen LogP contribution in [0.1, 0.15) is 43.0 Å². The van der Waals surface area contributed by atoms with E-state index in [1.54, 1.807) is 24.3 Å². The first-order chi connectivity index (χ1) is 14.2. The molecular formula is C23H23NO5. The Morgan fingerprint density at radius 1 is 1.10 bits per heavy atom. The molecule has 0 saturated heterocycles. The van der Waals surface area contributed by atoms with Crippen LogP contribution >= 0.6 is 0 Å². The average molecular weight is 393 g/mol. The lowest BCUT2D eigenvalue weighted by Crippen LogP contribution is -2.39. The van der Waals surface area contributed by atoms with Crippen LogP contribution in [0, 0.1) is 5.92 Å². The quantitative estimate of drug-likeness (QED) is 0.791. The zero-order valence-corrected chi connectivity index (χ0v) is 16.3. The summed E-state index contributed by atoms with van der Waals surface area (Å²) < 4.78 is 16.9. The number of carbonyl (C=O) groups excluding carboxylic acids is 2. The lowest BCUT2D eigenvalue weighted by molar-refractivity contribution is -0.135. The van der Waals surface area contributed by atoms with Crippen molar-refractivity contribution >= 4 is 11.7 Å². The maximum absolute atomic E-state index is 13.5. The number of amides is 1. The second-order valence-corrected chi connectivity index (χ2v) is 7.84. The number of benzene rings is 1. The third-order valence-corrected chi connectivity index (χ3v) is 6.20. The molecule has 3 atom stereocenters. The van der Waals surface area contributed by atoms with E-state index >= 15 is 0 Å². The molecule has 6 heteroatoms. The molecule has 29 heavy (non-hydrogen) atoms. The van der Waals surface area contributed by atoms with Crippen molar-refractivity contribution in [3.05, 3.63) is 65.3 Å². The molecule has 0 spiro atoms. The summed E-state index contributed by atoms with van der Waals surface area (Å²) in [5.74, 6) is 1.29. The van der Waals surface area contributed by atoms with Crippen molar-refractivity contribution in [2.45, 2.75) is 44.4 Å². The Morgan fingerprint density at radius 3 is 2.62 bits per heavy atom. The van der Waals surface area contributed by atoms with E-state index in [2.05, 4.69) is 0 Å². The van der Waals surface area contributed by atoms with Crippen LogP contribution in [0.25, 0.3) is 0 Å². The zero-order chi connectivity index (χ0) is 20.0. The number of rotatable bonds is 4. The second kappa shape index (κ2) is 7.10. The topological polar surface area (TPSA) is 69.0 Å². The highest BCUT2D eigenvalue weighted by Crippen LogP contribution is 2.47. The smallest absolute Gasteiger partial charge is 0.290 e. The van der Waals surface area contributed by atoms with E-state index in [9.17, 15) is 9.59 Å². The van der Waals surface area contributed by atoms with Crippen molar-refractivity contribution in [3.8, 4) is 5.75 Å². The Kier molecular flexibility index (Phi) is 4.42. The standard InChI is InChI=1S/C23H23NO5/c1-27-15-10-8-14(9-11-15)20-19-21(25)17-6-2-3-7-18(17)29-22(19)23(26)24(20)13-16-5-4-12-28-16/h4-5,8-12,17-18,20H,2-3,6-7,13H2,1H3. The van der Waals surface area contributed by atoms with Gasteiger partial charge in [-0.3, -0.25) is 9.59 Å². The van der Waals surface area contributed by atoms with Crippen molar-refractivity contribution < 1.29 is 23.5 Å². The number of ether oxygens (including phenoxy) is 2. The van der Waals surface area contributed by atoms with Crippen LogP contribution in [0.15, 0.2) is 58.4 Å². The van der Waals surface area contributed by atoms with Gasteiger partial charge in [0.05, 0.1) is 37.5 Å². The van der Waals surface area contributed by atoms with Gasteiger partial charge in [0.15, 0.2) is 11.5 Å². The van der Waals surface area contributed by atoms with Gasteiger partial charge in [-0.1, -0.05) is 18.6 Å². The van der Waals surface area contributed by atoms with Crippen LogP contribution in [0.2, 0.25) is 0 Å². The number of Topliss-reactive ketones (excluding diaryl/α,β-unsaturated/α-hetero) is 1. The first-order valence-corrected chi connectivity index (χ1v) is 10.1. The van der Waals surface area contributed by atoms with Crippen LogP contribution in [0.3, 0.4) is 0 Å². The number of ketones is 1. The Labute approximate surface area is 169 Å². The van der Waals surface area contributed by atoms with Crippen LogP contribution in [-0.4, -0.2) is 29.8 Å². The number of hydrogen-bond acceptors (Lipinski definition) is 5. The minimum absolute atomic E-state index is 0.0621. The fraction of sp³-hybridized carbons (Fsp3) is 0.391. The van der Waals surface area contributed by atoms with E-state index in [1.807, 2.05) is 30.3 Å². The van der Waals surface area contributed by atoms with Gasteiger partial charge < -0.3 is 18.8 Å². The Balaban J connectivity index is 1.58. The first kappa shape index (κ1) is 18.0. The fourth-order valence-corrected chi connectivity index (χ4v) is 4.76. The Bertz CT molecular complexity index is 960. The maximum atomic E-state index is 13.5. The van der Waals surface area contributed by atoms with Gasteiger partial charge in [-0.05, 0) is 49.1 Å². The summed E-state index contributed by atoms with van der Waals surface area (Å²) in [6.45, 7) is 0.279. The molecule has 1 aliphatic carbocycles. The second-order valence-electron chi connectivity index (χ2n) is 7.84. The average Bonchev–Trinajstić information content (AvgIpc) is 3.36. The molecule has 3 heterocycles. The van der Waals surface area contributed by atoms with Crippen molar-refractivity contribution in [2.24, 2.45) is 5.92 Å². The van der Waals surface area contributed by atoms with Crippen LogP contribution in [-0.2, 0) is 20.9 Å². The third-order valence-electron chi connectivity index (χ3n) is 6.20. The number of hydrogen-bond donors (Lipinski definition) is 0. The summed E-state index contributed by atoms with van der Waals surface area (Å²) >= 11 is 0. The molecule has 6 nitrogen and oxygen atoms in total. The summed E-state index contributed by atoms with van der Waals surface area (Å²) in [4.78, 5) is 28.5. The van der Waals surface area contributed by atoms with Gasteiger partial charge in [0.2, 0.25) is 0 Å². The minimum atomic E-state index is -0.483.